The summed E-state index contributed by atoms with van der Waals surface area (Å²) < 4.78 is 5.58. The summed E-state index contributed by atoms with van der Waals surface area (Å²) in [5, 5.41) is 32.0. The Morgan fingerprint density at radius 2 is 1.28 bits per heavy atom. The van der Waals surface area contributed by atoms with Crippen LogP contribution < -0.4 is 4.74 Å². The lowest BCUT2D eigenvalue weighted by atomic mass is 9.81. The van der Waals surface area contributed by atoms with Crippen molar-refractivity contribution < 1.29 is 20.1 Å². The van der Waals surface area contributed by atoms with Crippen molar-refractivity contribution in [1.82, 2.24) is 0 Å². The molecule has 0 aliphatic heterocycles. The molecule has 0 atom stereocenters. The number of aryl methyl sites for hydroxylation is 4. The first-order chi connectivity index (χ1) is 13.7. The maximum absolute atomic E-state index is 10.9. The van der Waals surface area contributed by atoms with E-state index in [-0.39, 0.29) is 17.2 Å². The third-order valence-corrected chi connectivity index (χ3v) is 5.19. The van der Waals surface area contributed by atoms with Gasteiger partial charge < -0.3 is 20.1 Å². The first-order valence-corrected chi connectivity index (χ1v) is 9.78. The minimum absolute atomic E-state index is 0.0589. The largest absolute Gasteiger partial charge is 0.507 e. The van der Waals surface area contributed by atoms with Gasteiger partial charge >= 0.3 is 0 Å². The Morgan fingerprint density at radius 1 is 0.759 bits per heavy atom. The fraction of sp³-hybridized carbons (Fsp3) is 0.280. The monoisotopic (exact) mass is 392 g/mol. The van der Waals surface area contributed by atoms with E-state index in [9.17, 15) is 15.3 Å². The van der Waals surface area contributed by atoms with E-state index in [1.165, 1.54) is 0 Å². The highest BCUT2D eigenvalue weighted by Gasteiger charge is 2.26. The van der Waals surface area contributed by atoms with Crippen molar-refractivity contribution >= 4 is 0 Å². The van der Waals surface area contributed by atoms with Crippen molar-refractivity contribution in [3.05, 3.63) is 81.4 Å². The molecule has 0 radical (unpaired) electrons. The maximum atomic E-state index is 10.9. The summed E-state index contributed by atoms with van der Waals surface area (Å²) in [6.45, 7) is 9.98. The summed E-state index contributed by atoms with van der Waals surface area (Å²) in [7, 11) is 0. The van der Waals surface area contributed by atoms with Gasteiger partial charge in [-0.2, -0.15) is 0 Å². The zero-order valence-corrected chi connectivity index (χ0v) is 17.6. The van der Waals surface area contributed by atoms with E-state index in [2.05, 4.69) is 0 Å². The van der Waals surface area contributed by atoms with Gasteiger partial charge in [-0.3, -0.25) is 0 Å². The van der Waals surface area contributed by atoms with Gasteiger partial charge in [0.25, 0.3) is 0 Å². The normalized spacial score (nSPS) is 11.1. The molecule has 0 amide bonds. The zero-order chi connectivity index (χ0) is 21.3. The summed E-state index contributed by atoms with van der Waals surface area (Å²) in [5.41, 5.74) is 5.81. The third kappa shape index (κ3) is 4.02. The molecule has 0 fully saturated rings. The maximum Gasteiger partial charge on any atom is 0.161 e. The molecule has 3 aromatic carbocycles. The van der Waals surface area contributed by atoms with Gasteiger partial charge in [-0.05, 0) is 63.4 Å². The van der Waals surface area contributed by atoms with Crippen LogP contribution in [0.4, 0.5) is 0 Å². The number of hydrogen-bond acceptors (Lipinski definition) is 4. The van der Waals surface area contributed by atoms with Gasteiger partial charge in [-0.15, -0.1) is 0 Å². The number of phenolic OH excluding ortho intramolecular Hbond substituents is 3. The van der Waals surface area contributed by atoms with E-state index >= 15 is 0 Å². The van der Waals surface area contributed by atoms with Crippen molar-refractivity contribution in [2.45, 2.75) is 40.5 Å². The average Bonchev–Trinajstić information content (AvgIpc) is 2.65. The molecule has 0 aliphatic rings. The number of benzene rings is 3. The van der Waals surface area contributed by atoms with Gasteiger partial charge in [-0.25, -0.2) is 0 Å². The molecule has 29 heavy (non-hydrogen) atoms. The molecule has 0 unspecified atom stereocenters. The highest BCUT2D eigenvalue weighted by Crippen LogP contribution is 2.44. The first kappa shape index (κ1) is 20.6. The van der Waals surface area contributed by atoms with Gasteiger partial charge in [0.1, 0.15) is 11.5 Å². The van der Waals surface area contributed by atoms with Crippen LogP contribution in [0.2, 0.25) is 0 Å². The summed E-state index contributed by atoms with van der Waals surface area (Å²) in [6.07, 6.45) is 0. The fourth-order valence-electron chi connectivity index (χ4n) is 3.93. The predicted molar refractivity (Wildman–Crippen MR) is 115 cm³/mol. The minimum Gasteiger partial charge on any atom is -0.507 e. The van der Waals surface area contributed by atoms with Crippen LogP contribution in [0.1, 0.15) is 51.8 Å². The van der Waals surface area contributed by atoms with Crippen LogP contribution in [-0.4, -0.2) is 21.9 Å². The quantitative estimate of drug-likeness (QED) is 0.493. The molecule has 0 bridgehead atoms. The molecule has 4 nitrogen and oxygen atoms in total. The number of hydrogen-bond donors (Lipinski definition) is 3. The van der Waals surface area contributed by atoms with Gasteiger partial charge in [-0.1, -0.05) is 41.5 Å². The van der Waals surface area contributed by atoms with Crippen molar-refractivity contribution in [2.24, 2.45) is 0 Å². The van der Waals surface area contributed by atoms with E-state index < -0.39 is 5.92 Å². The molecule has 0 spiro atoms. The van der Waals surface area contributed by atoms with Crippen LogP contribution in [0, 0.1) is 27.7 Å². The van der Waals surface area contributed by atoms with E-state index in [0.29, 0.717) is 23.5 Å². The second kappa shape index (κ2) is 8.08. The summed E-state index contributed by atoms with van der Waals surface area (Å²) in [6, 6.07) is 12.9. The van der Waals surface area contributed by atoms with Crippen molar-refractivity contribution in [3.63, 3.8) is 0 Å². The molecule has 0 saturated heterocycles. The van der Waals surface area contributed by atoms with Gasteiger partial charge in [0.2, 0.25) is 0 Å². The lowest BCUT2D eigenvalue weighted by Gasteiger charge is -2.24. The molecule has 3 rings (SSSR count). The summed E-state index contributed by atoms with van der Waals surface area (Å²) in [4.78, 5) is 0. The van der Waals surface area contributed by atoms with E-state index in [1.807, 2.05) is 58.9 Å². The topological polar surface area (TPSA) is 69.9 Å². The molecule has 0 aromatic heterocycles. The first-order valence-electron chi connectivity index (χ1n) is 9.78. The summed E-state index contributed by atoms with van der Waals surface area (Å²) >= 11 is 0. The van der Waals surface area contributed by atoms with Crippen LogP contribution in [0.3, 0.4) is 0 Å². The van der Waals surface area contributed by atoms with Gasteiger partial charge in [0.15, 0.2) is 11.5 Å². The molecular formula is C25H28O4. The van der Waals surface area contributed by atoms with Gasteiger partial charge in [0.05, 0.1) is 6.61 Å². The average molecular weight is 392 g/mol. The summed E-state index contributed by atoms with van der Waals surface area (Å²) in [5.74, 6) is 0.411. The Balaban J connectivity index is 2.34. The third-order valence-electron chi connectivity index (χ3n) is 5.19. The lowest BCUT2D eigenvalue weighted by molar-refractivity contribution is 0.317. The minimum atomic E-state index is -0.424. The van der Waals surface area contributed by atoms with Crippen LogP contribution in [0.25, 0.3) is 0 Å². The number of aromatic hydroxyl groups is 3. The van der Waals surface area contributed by atoms with Crippen LogP contribution in [0.15, 0.2) is 42.5 Å². The van der Waals surface area contributed by atoms with Crippen molar-refractivity contribution in [1.29, 1.82) is 0 Å². The van der Waals surface area contributed by atoms with Crippen molar-refractivity contribution in [3.8, 4) is 23.0 Å². The number of phenols is 3. The highest BCUT2D eigenvalue weighted by molar-refractivity contribution is 5.59. The Labute approximate surface area is 172 Å². The van der Waals surface area contributed by atoms with Crippen molar-refractivity contribution in [2.75, 3.05) is 6.61 Å². The molecule has 3 aromatic rings. The molecule has 0 saturated carbocycles. The fourth-order valence-corrected chi connectivity index (χ4v) is 3.93. The highest BCUT2D eigenvalue weighted by atomic mass is 16.5. The van der Waals surface area contributed by atoms with E-state index in [0.717, 1.165) is 27.8 Å². The molecule has 0 heterocycles. The standard InChI is InChI=1S/C25H28O4/c1-6-29-22-13-18(7-8-21(22)26)23(19-11-14(2)9-16(4)24(19)27)20-12-15(3)10-17(5)25(20)28/h7-13,23,26-28H,6H2,1-5H3. The van der Waals surface area contributed by atoms with E-state index in [1.54, 1.807) is 18.2 Å². The zero-order valence-electron chi connectivity index (χ0n) is 17.6. The number of ether oxygens (including phenoxy) is 1. The van der Waals surface area contributed by atoms with Crippen LogP contribution in [0.5, 0.6) is 23.0 Å². The SMILES string of the molecule is CCOc1cc(C(c2cc(C)cc(C)c2O)c2cc(C)cc(C)c2O)ccc1O. The molecule has 0 aliphatic carbocycles. The smallest absolute Gasteiger partial charge is 0.161 e. The number of rotatable bonds is 5. The lowest BCUT2D eigenvalue weighted by Crippen LogP contribution is -2.07. The Kier molecular flexibility index (Phi) is 5.73. The second-order valence-corrected chi connectivity index (χ2v) is 7.63. The Morgan fingerprint density at radius 3 is 1.76 bits per heavy atom. The Bertz CT molecular complexity index is 996. The molecular weight excluding hydrogens is 364 g/mol. The Hall–Kier alpha value is -3.14. The second-order valence-electron chi connectivity index (χ2n) is 7.63. The van der Waals surface area contributed by atoms with Crippen LogP contribution in [-0.2, 0) is 0 Å². The van der Waals surface area contributed by atoms with E-state index in [4.69, 9.17) is 4.74 Å². The molecule has 3 N–H and O–H groups in total. The van der Waals surface area contributed by atoms with Gasteiger partial charge in [0, 0.05) is 17.0 Å². The predicted octanol–water partition coefficient (Wildman–Crippen LogP) is 5.62. The molecule has 4 heteroatoms. The molecule has 152 valence electrons. The van der Waals surface area contributed by atoms with Crippen LogP contribution >= 0.6 is 0 Å².